The first-order valence-electron chi connectivity index (χ1n) is 12.9. The van der Waals surface area contributed by atoms with E-state index in [1.165, 1.54) is 31.4 Å². The number of carboxylic acids is 1. The second-order valence-electron chi connectivity index (χ2n) is 10.1. The third kappa shape index (κ3) is 7.61. The van der Waals surface area contributed by atoms with E-state index in [1.54, 1.807) is 16.8 Å². The maximum atomic E-state index is 13.6. The fourth-order valence-corrected chi connectivity index (χ4v) is 5.01. The normalized spacial score (nSPS) is 16.2. The number of amides is 1. The van der Waals surface area contributed by atoms with Gasteiger partial charge in [0.05, 0.1) is 24.3 Å². The van der Waals surface area contributed by atoms with Crippen LogP contribution in [0.5, 0.6) is 0 Å². The Bertz CT molecular complexity index is 1020. The van der Waals surface area contributed by atoms with Crippen molar-refractivity contribution in [2.75, 3.05) is 6.54 Å². The van der Waals surface area contributed by atoms with E-state index < -0.39 is 24.6 Å². The van der Waals surface area contributed by atoms with E-state index in [9.17, 15) is 24.2 Å². The van der Waals surface area contributed by atoms with Gasteiger partial charge in [-0.15, -0.1) is 0 Å². The molecule has 0 saturated heterocycles. The minimum absolute atomic E-state index is 0.0422. The van der Waals surface area contributed by atoms with Crippen LogP contribution in [-0.4, -0.2) is 55.7 Å². The van der Waals surface area contributed by atoms with E-state index in [2.05, 4.69) is 10.4 Å². The summed E-state index contributed by atoms with van der Waals surface area (Å²) in [5.41, 5.74) is 2.41. The summed E-state index contributed by atoms with van der Waals surface area (Å²) < 4.78 is 15.2. The summed E-state index contributed by atoms with van der Waals surface area (Å²) in [7, 11) is 0. The SMILES string of the molecule is CC(C)c1c(C(=O)NCC2CCCCC2)nn(-c2ccc(F)cc2)c1CCC(O)CC(O)CC(=O)O. The number of halogens is 1. The lowest BCUT2D eigenvalue weighted by Crippen LogP contribution is -2.31. The van der Waals surface area contributed by atoms with Crippen LogP contribution in [0, 0.1) is 11.7 Å². The largest absolute Gasteiger partial charge is 0.481 e. The molecule has 198 valence electrons. The predicted molar refractivity (Wildman–Crippen MR) is 134 cm³/mol. The van der Waals surface area contributed by atoms with E-state index in [0.29, 0.717) is 30.3 Å². The van der Waals surface area contributed by atoms with Crippen molar-refractivity contribution in [3.63, 3.8) is 0 Å². The number of hydrogen-bond donors (Lipinski definition) is 4. The molecule has 2 atom stereocenters. The van der Waals surface area contributed by atoms with Crippen LogP contribution in [0.2, 0.25) is 0 Å². The highest BCUT2D eigenvalue weighted by Crippen LogP contribution is 2.29. The third-order valence-corrected chi connectivity index (χ3v) is 6.83. The fraction of sp³-hybridized carbons (Fsp3) is 0.593. The number of aromatic nitrogens is 2. The molecule has 36 heavy (non-hydrogen) atoms. The molecule has 1 aromatic heterocycles. The number of benzene rings is 1. The minimum atomic E-state index is -1.15. The Labute approximate surface area is 211 Å². The molecule has 2 aromatic rings. The van der Waals surface area contributed by atoms with Gasteiger partial charge in [0.1, 0.15) is 5.82 Å². The van der Waals surface area contributed by atoms with Crippen molar-refractivity contribution in [2.45, 2.75) is 89.8 Å². The molecule has 9 heteroatoms. The molecule has 3 rings (SSSR count). The summed E-state index contributed by atoms with van der Waals surface area (Å²) in [6, 6.07) is 5.84. The molecule has 0 radical (unpaired) electrons. The quantitative estimate of drug-likeness (QED) is 0.347. The molecule has 1 amide bonds. The molecule has 1 aliphatic rings. The summed E-state index contributed by atoms with van der Waals surface area (Å²) in [5.74, 6) is -1.33. The van der Waals surface area contributed by atoms with E-state index >= 15 is 0 Å². The van der Waals surface area contributed by atoms with Crippen LogP contribution in [-0.2, 0) is 11.2 Å². The number of carbonyl (C=O) groups excluding carboxylic acids is 1. The maximum absolute atomic E-state index is 13.6. The van der Waals surface area contributed by atoms with Crippen LogP contribution in [0.25, 0.3) is 5.69 Å². The van der Waals surface area contributed by atoms with Gasteiger partial charge in [0, 0.05) is 17.8 Å². The Hall–Kier alpha value is -2.78. The van der Waals surface area contributed by atoms with Crippen LogP contribution >= 0.6 is 0 Å². The van der Waals surface area contributed by atoms with Crippen molar-refractivity contribution in [3.8, 4) is 5.69 Å². The first-order chi connectivity index (χ1) is 17.2. The first-order valence-corrected chi connectivity index (χ1v) is 12.9. The van der Waals surface area contributed by atoms with Crippen molar-refractivity contribution in [1.82, 2.24) is 15.1 Å². The highest BCUT2D eigenvalue weighted by Gasteiger charge is 2.27. The van der Waals surface area contributed by atoms with Crippen molar-refractivity contribution in [1.29, 1.82) is 0 Å². The Balaban J connectivity index is 1.86. The van der Waals surface area contributed by atoms with Gasteiger partial charge < -0.3 is 20.6 Å². The number of nitrogens with zero attached hydrogens (tertiary/aromatic N) is 2. The topological polar surface area (TPSA) is 125 Å². The lowest BCUT2D eigenvalue weighted by molar-refractivity contribution is -0.139. The molecule has 4 N–H and O–H groups in total. The highest BCUT2D eigenvalue weighted by molar-refractivity contribution is 5.94. The van der Waals surface area contributed by atoms with Gasteiger partial charge in [-0.3, -0.25) is 9.59 Å². The van der Waals surface area contributed by atoms with Crippen molar-refractivity contribution in [2.24, 2.45) is 5.92 Å². The van der Waals surface area contributed by atoms with Crippen molar-refractivity contribution in [3.05, 3.63) is 47.0 Å². The zero-order chi connectivity index (χ0) is 26.2. The number of rotatable bonds is 12. The molecule has 2 unspecified atom stereocenters. The average molecular weight is 504 g/mol. The number of carbonyl (C=O) groups is 2. The molecular formula is C27H38FN3O5. The van der Waals surface area contributed by atoms with Gasteiger partial charge in [0.2, 0.25) is 0 Å². The lowest BCUT2D eigenvalue weighted by atomic mass is 9.89. The van der Waals surface area contributed by atoms with E-state index in [0.717, 1.165) is 24.1 Å². The molecule has 0 aliphatic heterocycles. The summed E-state index contributed by atoms with van der Waals surface area (Å²) in [5, 5.41) is 36.9. The summed E-state index contributed by atoms with van der Waals surface area (Å²) in [4.78, 5) is 24.1. The number of carboxylic acid groups (broad SMARTS) is 1. The molecule has 1 heterocycles. The Morgan fingerprint density at radius 1 is 1.11 bits per heavy atom. The standard InChI is InChI=1S/C27H38FN3O5/c1-17(2)25-23(13-12-21(32)14-22(33)15-24(34)35)31(20-10-8-19(28)9-11-20)30-26(25)27(36)29-16-18-6-4-3-5-7-18/h8-11,17-18,21-22,32-33H,3-7,12-16H2,1-2H3,(H,29,36)(H,34,35). The average Bonchev–Trinajstić information content (AvgIpc) is 3.21. The van der Waals surface area contributed by atoms with Crippen LogP contribution in [0.3, 0.4) is 0 Å². The highest BCUT2D eigenvalue weighted by atomic mass is 19.1. The number of aliphatic hydroxyl groups is 2. The minimum Gasteiger partial charge on any atom is -0.481 e. The van der Waals surface area contributed by atoms with Gasteiger partial charge in [-0.25, -0.2) is 9.07 Å². The van der Waals surface area contributed by atoms with Crippen LogP contribution in [0.15, 0.2) is 24.3 Å². The number of hydrogen-bond acceptors (Lipinski definition) is 5. The van der Waals surface area contributed by atoms with Crippen LogP contribution in [0.1, 0.15) is 92.9 Å². The summed E-state index contributed by atoms with van der Waals surface area (Å²) in [6.07, 6.45) is 3.83. The number of nitrogens with one attached hydrogen (secondary N) is 1. The van der Waals surface area contributed by atoms with Gasteiger partial charge in [-0.2, -0.15) is 5.10 Å². The molecule has 1 aromatic carbocycles. The van der Waals surface area contributed by atoms with Crippen molar-refractivity contribution >= 4 is 11.9 Å². The molecule has 1 aliphatic carbocycles. The van der Waals surface area contributed by atoms with Gasteiger partial charge in [-0.1, -0.05) is 33.1 Å². The molecule has 0 spiro atoms. The second kappa shape index (κ2) is 13.0. The van der Waals surface area contributed by atoms with Crippen LogP contribution < -0.4 is 5.32 Å². The zero-order valence-electron chi connectivity index (χ0n) is 21.1. The van der Waals surface area contributed by atoms with E-state index in [-0.39, 0.29) is 30.5 Å². The zero-order valence-corrected chi connectivity index (χ0v) is 21.1. The maximum Gasteiger partial charge on any atom is 0.305 e. The van der Waals surface area contributed by atoms with Crippen LogP contribution in [0.4, 0.5) is 4.39 Å². The van der Waals surface area contributed by atoms with Crippen molar-refractivity contribution < 1.29 is 29.3 Å². The van der Waals surface area contributed by atoms with Gasteiger partial charge in [-0.05, 0) is 68.2 Å². The molecule has 1 fully saturated rings. The fourth-order valence-electron chi connectivity index (χ4n) is 5.01. The molecule has 1 saturated carbocycles. The lowest BCUT2D eigenvalue weighted by Gasteiger charge is -2.21. The van der Waals surface area contributed by atoms with E-state index in [4.69, 9.17) is 5.11 Å². The van der Waals surface area contributed by atoms with Gasteiger partial charge >= 0.3 is 5.97 Å². The molecule has 8 nitrogen and oxygen atoms in total. The number of aliphatic hydroxyl groups excluding tert-OH is 2. The molecule has 0 bridgehead atoms. The summed E-state index contributed by atoms with van der Waals surface area (Å²) >= 11 is 0. The van der Waals surface area contributed by atoms with Gasteiger partial charge in [0.15, 0.2) is 5.69 Å². The smallest absolute Gasteiger partial charge is 0.305 e. The third-order valence-electron chi connectivity index (χ3n) is 6.83. The Morgan fingerprint density at radius 2 is 1.78 bits per heavy atom. The molecular weight excluding hydrogens is 465 g/mol. The monoisotopic (exact) mass is 503 g/mol. The Kier molecular flexibility index (Phi) is 10.0. The van der Waals surface area contributed by atoms with E-state index in [1.807, 2.05) is 13.8 Å². The Morgan fingerprint density at radius 3 is 2.39 bits per heavy atom. The van der Waals surface area contributed by atoms with Gasteiger partial charge in [0.25, 0.3) is 5.91 Å². The first kappa shape index (κ1) is 27.8. The number of aliphatic carboxylic acids is 1. The second-order valence-corrected chi connectivity index (χ2v) is 10.1. The summed E-state index contributed by atoms with van der Waals surface area (Å²) in [6.45, 7) is 4.55. The predicted octanol–water partition coefficient (Wildman–Crippen LogP) is 3.96.